The Morgan fingerprint density at radius 3 is 2.44 bits per heavy atom. The Morgan fingerprint density at radius 1 is 1.05 bits per heavy atom. The summed E-state index contributed by atoms with van der Waals surface area (Å²) in [6.07, 6.45) is 1.40. The number of ketones is 1. The number of thioether (sulfide) groups is 1. The number of nitro groups is 1. The second-order valence-electron chi connectivity index (χ2n) is 8.21. The maximum absolute atomic E-state index is 12.8. The van der Waals surface area contributed by atoms with E-state index >= 15 is 0 Å². The Bertz CT molecular complexity index is 1630. The van der Waals surface area contributed by atoms with Crippen LogP contribution in [-0.4, -0.2) is 48.8 Å². The minimum Gasteiger partial charge on any atom is -0.493 e. The van der Waals surface area contributed by atoms with Crippen molar-refractivity contribution >= 4 is 50.6 Å². The molecular weight excluding hydrogens is 548 g/mol. The van der Waals surface area contributed by atoms with E-state index in [1.165, 1.54) is 50.4 Å². The lowest BCUT2D eigenvalue weighted by Gasteiger charge is -2.12. The molecule has 11 nitrogen and oxygen atoms in total. The summed E-state index contributed by atoms with van der Waals surface area (Å²) in [5.41, 5.74) is 0.676. The number of ether oxygens (including phenoxy) is 1. The highest BCUT2D eigenvalue weighted by Crippen LogP contribution is 2.36. The van der Waals surface area contributed by atoms with Crippen LogP contribution >= 0.6 is 11.8 Å². The third-order valence-electron chi connectivity index (χ3n) is 5.62. The molecule has 0 N–H and O–H groups in total. The van der Waals surface area contributed by atoms with Gasteiger partial charge in [0.05, 0.1) is 23.5 Å². The van der Waals surface area contributed by atoms with Crippen molar-refractivity contribution in [2.45, 2.75) is 11.8 Å². The number of methoxy groups -OCH3 is 1. The van der Waals surface area contributed by atoms with E-state index in [0.717, 1.165) is 11.0 Å². The fraction of sp³-hybridized carbons (Fsp3) is 0.115. The van der Waals surface area contributed by atoms with Gasteiger partial charge >= 0.3 is 10.1 Å². The molecule has 1 fully saturated rings. The van der Waals surface area contributed by atoms with Gasteiger partial charge in [-0.2, -0.15) is 8.42 Å². The molecule has 1 saturated heterocycles. The Hall–Kier alpha value is -4.49. The largest absolute Gasteiger partial charge is 0.493 e. The van der Waals surface area contributed by atoms with Crippen molar-refractivity contribution in [3.8, 4) is 11.5 Å². The fourth-order valence-electron chi connectivity index (χ4n) is 3.60. The van der Waals surface area contributed by atoms with Crippen LogP contribution in [0.5, 0.6) is 11.5 Å². The normalized spacial score (nSPS) is 14.5. The summed E-state index contributed by atoms with van der Waals surface area (Å²) in [6, 6.07) is 15.8. The van der Waals surface area contributed by atoms with Gasteiger partial charge in [-0.15, -0.1) is 0 Å². The van der Waals surface area contributed by atoms with Crippen molar-refractivity contribution in [2.75, 3.05) is 13.7 Å². The highest BCUT2D eigenvalue weighted by molar-refractivity contribution is 8.18. The van der Waals surface area contributed by atoms with Crippen LogP contribution in [0.2, 0.25) is 0 Å². The van der Waals surface area contributed by atoms with Gasteiger partial charge in [0.1, 0.15) is 4.90 Å². The first kappa shape index (κ1) is 27.5. The van der Waals surface area contributed by atoms with Crippen LogP contribution < -0.4 is 8.92 Å². The van der Waals surface area contributed by atoms with Gasteiger partial charge in [-0.05, 0) is 48.5 Å². The number of nitro benzene ring substituents is 1. The van der Waals surface area contributed by atoms with E-state index in [9.17, 15) is 32.9 Å². The molecule has 1 aliphatic heterocycles. The third kappa shape index (κ3) is 5.99. The number of rotatable bonds is 9. The van der Waals surface area contributed by atoms with Crippen molar-refractivity contribution < 1.29 is 36.6 Å². The molecule has 0 unspecified atom stereocenters. The van der Waals surface area contributed by atoms with Crippen molar-refractivity contribution in [2.24, 2.45) is 0 Å². The van der Waals surface area contributed by atoms with Gasteiger partial charge in [0.2, 0.25) is 0 Å². The quantitative estimate of drug-likeness (QED) is 0.118. The highest BCUT2D eigenvalue weighted by Gasteiger charge is 2.36. The minimum atomic E-state index is -4.45. The standard InChI is InChI=1S/C26H20N2O9S2/c1-16-8-10-19(14-20(16)28(32)33)39(34,35)37-22-11-9-17(12-23(22)36-2)13-24-25(30)27(26(31)38-24)15-21(29)18-6-4-3-5-7-18/h3-14H,15H2,1-2H3/b24-13-. The Morgan fingerprint density at radius 2 is 1.77 bits per heavy atom. The van der Waals surface area contributed by atoms with E-state index in [4.69, 9.17) is 8.92 Å². The maximum Gasteiger partial charge on any atom is 0.339 e. The predicted molar refractivity (Wildman–Crippen MR) is 142 cm³/mol. The van der Waals surface area contributed by atoms with Crippen LogP contribution in [0.25, 0.3) is 6.08 Å². The number of nitrogens with zero attached hydrogens (tertiary/aromatic N) is 2. The zero-order valence-electron chi connectivity index (χ0n) is 20.5. The van der Waals surface area contributed by atoms with Crippen molar-refractivity contribution in [3.05, 3.63) is 98.4 Å². The molecule has 3 aromatic carbocycles. The number of aryl methyl sites for hydroxylation is 1. The molecule has 39 heavy (non-hydrogen) atoms. The molecule has 0 radical (unpaired) electrons. The molecule has 0 aliphatic carbocycles. The molecular formula is C26H20N2O9S2. The number of benzene rings is 3. The molecule has 0 spiro atoms. The van der Waals surface area contributed by atoms with Crippen LogP contribution in [0.1, 0.15) is 21.5 Å². The second-order valence-corrected chi connectivity index (χ2v) is 10.7. The maximum atomic E-state index is 12.8. The van der Waals surface area contributed by atoms with E-state index in [1.807, 2.05) is 0 Å². The number of carbonyl (C=O) groups is 3. The van der Waals surface area contributed by atoms with Crippen LogP contribution in [0, 0.1) is 17.0 Å². The minimum absolute atomic E-state index is 0.00702. The molecule has 0 bridgehead atoms. The first-order valence-corrected chi connectivity index (χ1v) is 13.4. The van der Waals surface area contributed by atoms with Gasteiger partial charge in [-0.25, -0.2) is 0 Å². The van der Waals surface area contributed by atoms with Crippen molar-refractivity contribution in [3.63, 3.8) is 0 Å². The first-order chi connectivity index (χ1) is 18.5. The van der Waals surface area contributed by atoms with Gasteiger partial charge in [-0.1, -0.05) is 42.5 Å². The SMILES string of the molecule is COc1cc(/C=C2\SC(=O)N(CC(=O)c3ccccc3)C2=O)ccc1OS(=O)(=O)c1ccc(C)c([N+](=O)[O-])c1. The topological polar surface area (TPSA) is 150 Å². The molecule has 0 aromatic heterocycles. The Kier molecular flexibility index (Phi) is 7.83. The zero-order valence-corrected chi connectivity index (χ0v) is 22.2. The zero-order chi connectivity index (χ0) is 28.3. The van der Waals surface area contributed by atoms with Crippen LogP contribution in [0.3, 0.4) is 0 Å². The number of amides is 2. The second kappa shape index (κ2) is 11.1. The summed E-state index contributed by atoms with van der Waals surface area (Å²) in [5.74, 6) is -1.23. The number of carbonyl (C=O) groups excluding carboxylic acids is 3. The van der Waals surface area contributed by atoms with E-state index in [0.29, 0.717) is 22.9 Å². The Balaban J connectivity index is 1.54. The monoisotopic (exact) mass is 568 g/mol. The van der Waals surface area contributed by atoms with Crippen molar-refractivity contribution in [1.29, 1.82) is 0 Å². The number of hydrogen-bond acceptors (Lipinski definition) is 10. The molecule has 200 valence electrons. The van der Waals surface area contributed by atoms with Gasteiger partial charge in [-0.3, -0.25) is 29.4 Å². The average molecular weight is 569 g/mol. The molecule has 0 atom stereocenters. The summed E-state index contributed by atoms with van der Waals surface area (Å²) in [4.78, 5) is 48.8. The average Bonchev–Trinajstić information content (AvgIpc) is 3.16. The predicted octanol–water partition coefficient (Wildman–Crippen LogP) is 4.60. The van der Waals surface area contributed by atoms with Gasteiger partial charge < -0.3 is 8.92 Å². The van der Waals surface area contributed by atoms with Crippen LogP contribution in [-0.2, 0) is 14.9 Å². The summed E-state index contributed by atoms with van der Waals surface area (Å²) in [6.45, 7) is 1.07. The van der Waals surface area contributed by atoms with Crippen LogP contribution in [0.15, 0.2) is 76.5 Å². The number of imide groups is 1. The lowest BCUT2D eigenvalue weighted by atomic mass is 10.1. The van der Waals surface area contributed by atoms with Crippen molar-refractivity contribution in [1.82, 2.24) is 4.90 Å². The summed E-state index contributed by atoms with van der Waals surface area (Å²) in [7, 11) is -3.18. The van der Waals surface area contributed by atoms with E-state index < -0.39 is 37.6 Å². The highest BCUT2D eigenvalue weighted by atomic mass is 32.2. The third-order valence-corrected chi connectivity index (χ3v) is 7.76. The molecule has 2 amide bonds. The first-order valence-electron chi connectivity index (χ1n) is 11.2. The molecule has 1 heterocycles. The molecule has 4 rings (SSSR count). The fourth-order valence-corrected chi connectivity index (χ4v) is 5.40. The Labute approximate surface area is 227 Å². The lowest BCUT2D eigenvalue weighted by molar-refractivity contribution is -0.385. The molecule has 0 saturated carbocycles. The van der Waals surface area contributed by atoms with Gasteiger partial charge in [0, 0.05) is 17.2 Å². The summed E-state index contributed by atoms with van der Waals surface area (Å²) >= 11 is 0.667. The van der Waals surface area contributed by atoms with E-state index in [-0.39, 0.29) is 33.4 Å². The number of hydrogen-bond donors (Lipinski definition) is 0. The van der Waals surface area contributed by atoms with E-state index in [2.05, 4.69) is 0 Å². The number of Topliss-reactive ketones (excluding diaryl/α,β-unsaturated/α-hetero) is 1. The smallest absolute Gasteiger partial charge is 0.339 e. The molecule has 1 aliphatic rings. The van der Waals surface area contributed by atoms with Crippen LogP contribution in [0.4, 0.5) is 10.5 Å². The summed E-state index contributed by atoms with van der Waals surface area (Å²) < 4.78 is 36.0. The summed E-state index contributed by atoms with van der Waals surface area (Å²) in [5, 5.41) is 10.6. The van der Waals surface area contributed by atoms with Gasteiger partial charge in [0.15, 0.2) is 17.3 Å². The molecule has 13 heteroatoms. The lowest BCUT2D eigenvalue weighted by Crippen LogP contribution is -2.33. The van der Waals surface area contributed by atoms with E-state index in [1.54, 1.807) is 30.3 Å². The van der Waals surface area contributed by atoms with Gasteiger partial charge in [0.25, 0.3) is 16.8 Å². The molecule has 3 aromatic rings.